The van der Waals surface area contributed by atoms with Crippen LogP contribution < -0.4 is 0 Å². The number of cyclic esters (lactones) is 1. The van der Waals surface area contributed by atoms with E-state index in [4.69, 9.17) is 4.74 Å². The minimum atomic E-state index is -3.60. The number of para-hydroxylation sites is 1. The van der Waals surface area contributed by atoms with Gasteiger partial charge in [0.2, 0.25) is 0 Å². The Bertz CT molecular complexity index is 1150. The number of alkyl halides is 2. The van der Waals surface area contributed by atoms with Gasteiger partial charge in [-0.15, -0.1) is 0 Å². The molecule has 2 aromatic carbocycles. The van der Waals surface area contributed by atoms with Crippen LogP contribution in [0.4, 0.5) is 13.2 Å². The Kier molecular flexibility index (Phi) is 5.39. The van der Waals surface area contributed by atoms with Crippen molar-refractivity contribution >= 4 is 22.9 Å². The van der Waals surface area contributed by atoms with E-state index in [9.17, 15) is 23.1 Å². The Labute approximate surface area is 177 Å². The van der Waals surface area contributed by atoms with Crippen molar-refractivity contribution in [2.24, 2.45) is 0 Å². The van der Waals surface area contributed by atoms with Crippen LogP contribution in [0.25, 0.3) is 28.1 Å². The van der Waals surface area contributed by atoms with Crippen LogP contribution >= 0.6 is 0 Å². The third kappa shape index (κ3) is 3.74. The highest BCUT2D eigenvalue weighted by Gasteiger charge is 2.52. The molecule has 1 aromatic heterocycles. The van der Waals surface area contributed by atoms with Crippen LogP contribution in [-0.2, 0) is 9.53 Å². The van der Waals surface area contributed by atoms with E-state index in [1.807, 2.05) is 42.7 Å². The van der Waals surface area contributed by atoms with Crippen molar-refractivity contribution in [3.63, 3.8) is 0 Å². The summed E-state index contributed by atoms with van der Waals surface area (Å²) in [6.07, 6.45) is -2.13. The minimum absolute atomic E-state index is 0.0150. The maximum Gasteiger partial charge on any atom is 0.313 e. The van der Waals surface area contributed by atoms with E-state index in [2.05, 4.69) is 0 Å². The smallest absolute Gasteiger partial charge is 0.313 e. The van der Waals surface area contributed by atoms with Crippen LogP contribution in [0.3, 0.4) is 0 Å². The van der Waals surface area contributed by atoms with Crippen molar-refractivity contribution in [1.29, 1.82) is 0 Å². The van der Waals surface area contributed by atoms with Crippen molar-refractivity contribution in [2.45, 2.75) is 44.4 Å². The summed E-state index contributed by atoms with van der Waals surface area (Å²) < 4.78 is 49.2. The molecule has 0 bridgehead atoms. The Morgan fingerprint density at radius 3 is 2.52 bits per heavy atom. The molecule has 1 aliphatic rings. The first kappa shape index (κ1) is 21.2. The summed E-state index contributed by atoms with van der Waals surface area (Å²) in [6, 6.07) is 13.6. The number of hydrogen-bond donors (Lipinski definition) is 1. The van der Waals surface area contributed by atoms with E-state index >= 15 is 0 Å². The number of nitrogens with zero attached hydrogens (tertiary/aromatic N) is 1. The first-order valence-corrected chi connectivity index (χ1v) is 10.0. The molecule has 4 rings (SSSR count). The number of aliphatic hydroxyl groups excluding tert-OH is 1. The highest BCUT2D eigenvalue weighted by molar-refractivity contribution is 6.01. The second-order valence-electron chi connectivity index (χ2n) is 7.91. The zero-order chi connectivity index (χ0) is 22.3. The summed E-state index contributed by atoms with van der Waals surface area (Å²) in [4.78, 5) is 11.6. The van der Waals surface area contributed by atoms with E-state index in [1.165, 1.54) is 18.2 Å². The summed E-state index contributed by atoms with van der Waals surface area (Å²) in [7, 11) is 0. The van der Waals surface area contributed by atoms with Crippen molar-refractivity contribution < 1.29 is 27.8 Å². The number of halogens is 3. The number of ether oxygens (including phenoxy) is 1. The molecule has 0 amide bonds. The molecule has 0 spiro atoms. The quantitative estimate of drug-likeness (QED) is 0.569. The van der Waals surface area contributed by atoms with E-state index in [0.29, 0.717) is 5.69 Å². The molecule has 2 unspecified atom stereocenters. The molecule has 162 valence electrons. The maximum absolute atomic E-state index is 14.4. The van der Waals surface area contributed by atoms with Crippen molar-refractivity contribution in [3.8, 4) is 11.1 Å². The van der Waals surface area contributed by atoms with Crippen molar-refractivity contribution in [3.05, 3.63) is 66.1 Å². The third-order valence-electron chi connectivity index (χ3n) is 5.47. The lowest BCUT2D eigenvalue weighted by atomic mass is 9.98. The van der Waals surface area contributed by atoms with Gasteiger partial charge in [-0.05, 0) is 49.8 Å². The average molecular weight is 429 g/mol. The Hall–Kier alpha value is -3.06. The lowest BCUT2D eigenvalue weighted by molar-refractivity contribution is -0.215. The zero-order valence-corrected chi connectivity index (χ0v) is 17.1. The molecule has 1 aliphatic heterocycles. The highest BCUT2D eigenvalue weighted by Crippen LogP contribution is 2.39. The van der Waals surface area contributed by atoms with E-state index in [1.54, 1.807) is 12.1 Å². The molecule has 7 heteroatoms. The monoisotopic (exact) mass is 429 g/mol. The highest BCUT2D eigenvalue weighted by atomic mass is 19.3. The average Bonchev–Trinajstić information content (AvgIpc) is 3.05. The predicted octanol–water partition coefficient (Wildman–Crippen LogP) is 5.35. The fourth-order valence-electron chi connectivity index (χ4n) is 4.02. The Morgan fingerprint density at radius 2 is 1.84 bits per heavy atom. The Balaban J connectivity index is 1.91. The van der Waals surface area contributed by atoms with Crippen LogP contribution in [0.1, 0.15) is 32.0 Å². The molecule has 4 nitrogen and oxygen atoms in total. The first-order valence-electron chi connectivity index (χ1n) is 10.0. The lowest BCUT2D eigenvalue weighted by Gasteiger charge is -2.32. The van der Waals surface area contributed by atoms with Crippen LogP contribution in [0.15, 0.2) is 54.6 Å². The second kappa shape index (κ2) is 7.89. The number of carbonyl (C=O) groups is 1. The number of rotatable bonds is 4. The molecule has 31 heavy (non-hydrogen) atoms. The predicted molar refractivity (Wildman–Crippen MR) is 112 cm³/mol. The molecular formula is C24H22F3NO3. The standard InChI is InChI=1S/C24H22F3NO3/c1-14(2)28-18-6-4-3-5-17(18)23(15-7-9-16(25)10-8-15)19(28)11-12-21-24(26,27)20(29)13-22(30)31-21/h3-12,14,20-21,29H,13H2,1-2H3/b12-11+. The van der Waals surface area contributed by atoms with Gasteiger partial charge in [-0.3, -0.25) is 4.79 Å². The number of aliphatic hydroxyl groups is 1. The van der Waals surface area contributed by atoms with Gasteiger partial charge in [0.1, 0.15) is 11.9 Å². The van der Waals surface area contributed by atoms with E-state index in [0.717, 1.165) is 28.1 Å². The fourth-order valence-corrected chi connectivity index (χ4v) is 4.02. The third-order valence-corrected chi connectivity index (χ3v) is 5.47. The lowest BCUT2D eigenvalue weighted by Crippen LogP contribution is -2.51. The van der Waals surface area contributed by atoms with Crippen LogP contribution in [0.2, 0.25) is 0 Å². The number of esters is 1. The topological polar surface area (TPSA) is 51.5 Å². The van der Waals surface area contributed by atoms with Gasteiger partial charge in [0.05, 0.1) is 6.42 Å². The number of hydrogen-bond acceptors (Lipinski definition) is 3. The number of aromatic nitrogens is 1. The normalized spacial score (nSPS) is 21.2. The van der Waals surface area contributed by atoms with Crippen LogP contribution in [0.5, 0.6) is 0 Å². The summed E-state index contributed by atoms with van der Waals surface area (Å²) >= 11 is 0. The molecule has 2 heterocycles. The van der Waals surface area contributed by atoms with E-state index < -0.39 is 30.5 Å². The largest absolute Gasteiger partial charge is 0.451 e. The molecule has 0 radical (unpaired) electrons. The molecule has 2 atom stereocenters. The number of fused-ring (bicyclic) bond motifs is 1. The van der Waals surface area contributed by atoms with Gasteiger partial charge in [-0.25, -0.2) is 4.39 Å². The van der Waals surface area contributed by atoms with Gasteiger partial charge in [-0.2, -0.15) is 8.78 Å². The van der Waals surface area contributed by atoms with Crippen molar-refractivity contribution in [1.82, 2.24) is 4.57 Å². The molecule has 0 aliphatic carbocycles. The van der Waals surface area contributed by atoms with Crippen LogP contribution in [0, 0.1) is 5.82 Å². The molecule has 1 saturated heterocycles. The Morgan fingerprint density at radius 1 is 1.16 bits per heavy atom. The summed E-state index contributed by atoms with van der Waals surface area (Å²) in [6.45, 7) is 3.94. The zero-order valence-electron chi connectivity index (χ0n) is 17.1. The molecule has 0 saturated carbocycles. The molecule has 3 aromatic rings. The summed E-state index contributed by atoms with van der Waals surface area (Å²) in [5.74, 6) is -4.86. The first-order chi connectivity index (χ1) is 14.7. The van der Waals surface area contributed by atoms with Gasteiger partial charge in [0.15, 0.2) is 6.10 Å². The fraction of sp³-hybridized carbons (Fsp3) is 0.292. The van der Waals surface area contributed by atoms with Crippen LogP contribution in [-0.4, -0.2) is 33.8 Å². The molecule has 1 fully saturated rings. The van der Waals surface area contributed by atoms with Gasteiger partial charge in [0, 0.05) is 28.2 Å². The summed E-state index contributed by atoms with van der Waals surface area (Å²) in [5, 5.41) is 10.5. The number of carbonyl (C=O) groups excluding carboxylic acids is 1. The maximum atomic E-state index is 14.4. The van der Waals surface area contributed by atoms with E-state index in [-0.39, 0.29) is 11.9 Å². The van der Waals surface area contributed by atoms with Gasteiger partial charge in [0.25, 0.3) is 0 Å². The second-order valence-corrected chi connectivity index (χ2v) is 7.91. The number of benzene rings is 2. The van der Waals surface area contributed by atoms with Gasteiger partial charge in [-0.1, -0.05) is 30.3 Å². The SMILES string of the molecule is CC(C)n1c(/C=C/C2OC(=O)CC(O)C2(F)F)c(-c2ccc(F)cc2)c2ccccc21. The van der Waals surface area contributed by atoms with Gasteiger partial charge >= 0.3 is 11.9 Å². The minimum Gasteiger partial charge on any atom is -0.451 e. The summed E-state index contributed by atoms with van der Waals surface area (Å²) in [5.41, 5.74) is 2.99. The molecular weight excluding hydrogens is 407 g/mol. The van der Waals surface area contributed by atoms with Gasteiger partial charge < -0.3 is 14.4 Å². The van der Waals surface area contributed by atoms with Crippen molar-refractivity contribution in [2.75, 3.05) is 0 Å². The molecule has 1 N–H and O–H groups in total.